The topological polar surface area (TPSA) is 121 Å². The number of nitrogens with one attached hydrogen (secondary N) is 2. The number of anilines is 1. The van der Waals surface area contributed by atoms with Crippen molar-refractivity contribution in [3.63, 3.8) is 0 Å². The van der Waals surface area contributed by atoms with Gasteiger partial charge in [0, 0.05) is 22.7 Å². The molecule has 0 aliphatic heterocycles. The van der Waals surface area contributed by atoms with Crippen molar-refractivity contribution in [2.45, 2.75) is 0 Å². The number of aromatic nitrogens is 2. The van der Waals surface area contributed by atoms with Crippen molar-refractivity contribution in [2.75, 3.05) is 11.9 Å². The normalized spacial score (nSPS) is 10.2. The number of amides is 2. The molecule has 0 radical (unpaired) electrons. The molecule has 3 aromatic rings. The van der Waals surface area contributed by atoms with Crippen LogP contribution in [0.15, 0.2) is 54.0 Å². The zero-order chi connectivity index (χ0) is 19.2. The summed E-state index contributed by atoms with van der Waals surface area (Å²) in [5, 5.41) is 15.7. The third kappa shape index (κ3) is 4.73. The summed E-state index contributed by atoms with van der Waals surface area (Å²) in [5.41, 5.74) is 1.99. The Hall–Kier alpha value is -3.59. The predicted octanol–water partition coefficient (Wildman–Crippen LogP) is 2.27. The molecule has 0 atom stereocenters. The minimum absolute atomic E-state index is 0.263. The van der Waals surface area contributed by atoms with E-state index < -0.39 is 18.4 Å². The summed E-state index contributed by atoms with van der Waals surface area (Å²) in [4.78, 5) is 43.1. The molecule has 2 heterocycles. The molecule has 2 amide bonds. The number of thiazole rings is 1. The van der Waals surface area contributed by atoms with Crippen molar-refractivity contribution in [3.8, 4) is 11.4 Å². The molecule has 0 aliphatic rings. The summed E-state index contributed by atoms with van der Waals surface area (Å²) < 4.78 is 0. The Kier molecular flexibility index (Phi) is 5.53. The van der Waals surface area contributed by atoms with E-state index in [-0.39, 0.29) is 11.5 Å². The zero-order valence-corrected chi connectivity index (χ0v) is 14.7. The SMILES string of the molecule is O=C(O)CNC(=O)c1ccc(C(=O)Nc2nc(-c3ccccn3)cs2)cc1. The van der Waals surface area contributed by atoms with Gasteiger partial charge in [-0.05, 0) is 36.4 Å². The summed E-state index contributed by atoms with van der Waals surface area (Å²) in [5.74, 6) is -2.02. The van der Waals surface area contributed by atoms with E-state index in [4.69, 9.17) is 5.11 Å². The maximum absolute atomic E-state index is 12.3. The van der Waals surface area contributed by atoms with Gasteiger partial charge in [0.15, 0.2) is 5.13 Å². The average molecular weight is 382 g/mol. The molecule has 27 heavy (non-hydrogen) atoms. The second kappa shape index (κ2) is 8.19. The van der Waals surface area contributed by atoms with Gasteiger partial charge in [0.1, 0.15) is 12.2 Å². The monoisotopic (exact) mass is 382 g/mol. The van der Waals surface area contributed by atoms with E-state index >= 15 is 0 Å². The van der Waals surface area contributed by atoms with Crippen LogP contribution in [0.25, 0.3) is 11.4 Å². The molecule has 9 heteroatoms. The van der Waals surface area contributed by atoms with E-state index in [2.05, 4.69) is 20.6 Å². The Morgan fingerprint density at radius 2 is 1.67 bits per heavy atom. The largest absolute Gasteiger partial charge is 0.480 e. The fraction of sp³-hybridized carbons (Fsp3) is 0.0556. The van der Waals surface area contributed by atoms with Gasteiger partial charge >= 0.3 is 5.97 Å². The number of benzene rings is 1. The molecule has 0 saturated heterocycles. The van der Waals surface area contributed by atoms with Crippen molar-refractivity contribution >= 4 is 34.3 Å². The van der Waals surface area contributed by atoms with Crippen LogP contribution in [0, 0.1) is 0 Å². The molecule has 1 aromatic carbocycles. The molecule has 136 valence electrons. The highest BCUT2D eigenvalue weighted by molar-refractivity contribution is 7.14. The molecule has 2 aromatic heterocycles. The maximum atomic E-state index is 12.3. The molecule has 0 spiro atoms. The van der Waals surface area contributed by atoms with Gasteiger partial charge in [0.2, 0.25) is 0 Å². The Bertz CT molecular complexity index is 971. The highest BCUT2D eigenvalue weighted by Crippen LogP contribution is 2.23. The second-order valence-electron chi connectivity index (χ2n) is 5.36. The number of carboxylic acids is 1. The van der Waals surface area contributed by atoms with Crippen molar-refractivity contribution in [2.24, 2.45) is 0 Å². The van der Waals surface area contributed by atoms with Crippen LogP contribution in [-0.4, -0.2) is 39.4 Å². The minimum Gasteiger partial charge on any atom is -0.480 e. The van der Waals surface area contributed by atoms with Crippen molar-refractivity contribution in [1.29, 1.82) is 0 Å². The van der Waals surface area contributed by atoms with E-state index in [0.717, 1.165) is 0 Å². The van der Waals surface area contributed by atoms with Crippen LogP contribution >= 0.6 is 11.3 Å². The fourth-order valence-corrected chi connectivity index (χ4v) is 2.86. The zero-order valence-electron chi connectivity index (χ0n) is 13.9. The first-order valence-corrected chi connectivity index (χ1v) is 8.69. The van der Waals surface area contributed by atoms with Crippen LogP contribution in [0.4, 0.5) is 5.13 Å². The lowest BCUT2D eigenvalue weighted by atomic mass is 10.1. The van der Waals surface area contributed by atoms with Gasteiger partial charge in [0.25, 0.3) is 11.8 Å². The Balaban J connectivity index is 1.64. The van der Waals surface area contributed by atoms with E-state index in [1.165, 1.54) is 35.6 Å². The van der Waals surface area contributed by atoms with Gasteiger partial charge in [-0.1, -0.05) is 6.07 Å². The van der Waals surface area contributed by atoms with E-state index in [0.29, 0.717) is 22.1 Å². The van der Waals surface area contributed by atoms with Crippen LogP contribution in [0.3, 0.4) is 0 Å². The number of hydrogen-bond acceptors (Lipinski definition) is 6. The average Bonchev–Trinajstić information content (AvgIpc) is 3.15. The van der Waals surface area contributed by atoms with E-state index in [9.17, 15) is 14.4 Å². The Morgan fingerprint density at radius 1 is 0.963 bits per heavy atom. The first kappa shape index (κ1) is 18.2. The van der Waals surface area contributed by atoms with Crippen LogP contribution < -0.4 is 10.6 Å². The van der Waals surface area contributed by atoms with Gasteiger partial charge in [-0.2, -0.15) is 0 Å². The molecular formula is C18H14N4O4S. The van der Waals surface area contributed by atoms with Gasteiger partial charge in [0.05, 0.1) is 5.69 Å². The van der Waals surface area contributed by atoms with Crippen LogP contribution in [0.5, 0.6) is 0 Å². The second-order valence-corrected chi connectivity index (χ2v) is 6.22. The smallest absolute Gasteiger partial charge is 0.322 e. The number of rotatable bonds is 6. The van der Waals surface area contributed by atoms with E-state index in [1.807, 2.05) is 18.2 Å². The third-order valence-electron chi connectivity index (χ3n) is 3.46. The maximum Gasteiger partial charge on any atom is 0.322 e. The first-order chi connectivity index (χ1) is 13.0. The first-order valence-electron chi connectivity index (χ1n) is 7.81. The third-order valence-corrected chi connectivity index (χ3v) is 4.22. The van der Waals surface area contributed by atoms with Crippen molar-refractivity contribution < 1.29 is 19.5 Å². The molecular weight excluding hydrogens is 368 g/mol. The van der Waals surface area contributed by atoms with Gasteiger partial charge in [-0.15, -0.1) is 11.3 Å². The molecule has 3 rings (SSSR count). The molecule has 8 nitrogen and oxygen atoms in total. The lowest BCUT2D eigenvalue weighted by molar-refractivity contribution is -0.135. The predicted molar refractivity (Wildman–Crippen MR) is 99.7 cm³/mol. The number of carbonyl (C=O) groups excluding carboxylic acids is 2. The quantitative estimate of drug-likeness (QED) is 0.601. The van der Waals surface area contributed by atoms with E-state index in [1.54, 1.807) is 11.6 Å². The molecule has 0 fully saturated rings. The lowest BCUT2D eigenvalue weighted by Gasteiger charge is -2.04. The number of carbonyl (C=O) groups is 3. The van der Waals surface area contributed by atoms with Crippen molar-refractivity contribution in [3.05, 3.63) is 65.2 Å². The molecule has 0 aliphatic carbocycles. The van der Waals surface area contributed by atoms with Gasteiger partial charge in [-0.25, -0.2) is 4.98 Å². The summed E-state index contributed by atoms with van der Waals surface area (Å²) >= 11 is 1.28. The molecule has 0 unspecified atom stereocenters. The number of hydrogen-bond donors (Lipinski definition) is 3. The van der Waals surface area contributed by atoms with Gasteiger partial charge in [-0.3, -0.25) is 24.7 Å². The van der Waals surface area contributed by atoms with Gasteiger partial charge < -0.3 is 10.4 Å². The molecule has 0 saturated carbocycles. The lowest BCUT2D eigenvalue weighted by Crippen LogP contribution is -2.29. The van der Waals surface area contributed by atoms with Crippen LogP contribution in [0.2, 0.25) is 0 Å². The minimum atomic E-state index is -1.13. The number of nitrogens with zero attached hydrogens (tertiary/aromatic N) is 2. The highest BCUT2D eigenvalue weighted by atomic mass is 32.1. The fourth-order valence-electron chi connectivity index (χ4n) is 2.16. The van der Waals surface area contributed by atoms with Crippen LogP contribution in [-0.2, 0) is 4.79 Å². The standard InChI is InChI=1S/C18H14N4O4S/c23-15(24)9-20-16(25)11-4-6-12(7-5-11)17(26)22-18-21-14(10-27-18)13-3-1-2-8-19-13/h1-8,10H,9H2,(H,20,25)(H,23,24)(H,21,22,26). The summed E-state index contributed by atoms with van der Waals surface area (Å²) in [6.07, 6.45) is 1.67. The number of aliphatic carboxylic acids is 1. The van der Waals surface area contributed by atoms with Crippen LogP contribution in [0.1, 0.15) is 20.7 Å². The Morgan fingerprint density at radius 3 is 2.30 bits per heavy atom. The molecule has 3 N–H and O–H groups in total. The highest BCUT2D eigenvalue weighted by Gasteiger charge is 2.12. The summed E-state index contributed by atoms with van der Waals surface area (Å²) in [6.45, 7) is -0.469. The number of pyridine rings is 1. The summed E-state index contributed by atoms with van der Waals surface area (Å²) in [7, 11) is 0. The number of carboxylic acid groups (broad SMARTS) is 1. The Labute approximate surface area is 157 Å². The summed E-state index contributed by atoms with van der Waals surface area (Å²) in [6, 6.07) is 11.4. The molecule has 0 bridgehead atoms. The van der Waals surface area contributed by atoms with Crippen molar-refractivity contribution in [1.82, 2.24) is 15.3 Å².